The summed E-state index contributed by atoms with van der Waals surface area (Å²) in [5.74, 6) is 0.309. The molecule has 0 saturated carbocycles. The van der Waals surface area contributed by atoms with Crippen molar-refractivity contribution in [1.82, 2.24) is 0 Å². The Labute approximate surface area is 83.2 Å². The zero-order chi connectivity index (χ0) is 7.65. The molecule has 0 spiro atoms. The quantitative estimate of drug-likeness (QED) is 0.524. The van der Waals surface area contributed by atoms with Gasteiger partial charge in [-0.25, -0.2) is 0 Å². The Balaban J connectivity index is 4.06. The van der Waals surface area contributed by atoms with E-state index in [9.17, 15) is 4.79 Å². The van der Waals surface area contributed by atoms with Gasteiger partial charge in [-0.3, -0.25) is 4.79 Å². The SMILES string of the molecule is CC(C)(C)C(=O)C(I)I. The fraction of sp³-hybridized carbons (Fsp3) is 0.833. The summed E-state index contributed by atoms with van der Waals surface area (Å²) in [6, 6.07) is 0. The van der Waals surface area contributed by atoms with E-state index in [4.69, 9.17) is 0 Å². The van der Waals surface area contributed by atoms with E-state index < -0.39 is 0 Å². The molecule has 0 heterocycles. The molecule has 0 atom stereocenters. The molecule has 0 bridgehead atoms. The molecule has 0 N–H and O–H groups in total. The van der Waals surface area contributed by atoms with Gasteiger partial charge in [0.1, 0.15) is 1.93 Å². The van der Waals surface area contributed by atoms with E-state index in [1.807, 2.05) is 20.8 Å². The van der Waals surface area contributed by atoms with Crippen LogP contribution in [0.1, 0.15) is 20.8 Å². The minimum atomic E-state index is -0.174. The molecule has 0 radical (unpaired) electrons. The van der Waals surface area contributed by atoms with Crippen LogP contribution >= 0.6 is 45.2 Å². The Morgan fingerprint density at radius 2 is 1.67 bits per heavy atom. The van der Waals surface area contributed by atoms with E-state index in [1.54, 1.807) is 0 Å². The number of halogens is 2. The third-order valence-corrected chi connectivity index (χ3v) is 2.07. The van der Waals surface area contributed by atoms with E-state index in [0.29, 0.717) is 5.78 Å². The van der Waals surface area contributed by atoms with Crippen molar-refractivity contribution in [3.05, 3.63) is 0 Å². The molecule has 0 amide bonds. The van der Waals surface area contributed by atoms with E-state index >= 15 is 0 Å². The van der Waals surface area contributed by atoms with Crippen LogP contribution in [-0.2, 0) is 4.79 Å². The normalized spacial score (nSPS) is 12.2. The molecule has 0 rings (SSSR count). The molecule has 0 aliphatic carbocycles. The first-order valence-corrected chi connectivity index (χ1v) is 5.17. The standard InChI is InChI=1S/C6H10I2O/c1-6(2,3)4(9)5(7)8/h5H,1-3H3. The summed E-state index contributed by atoms with van der Waals surface area (Å²) in [7, 11) is 0. The molecule has 0 saturated heterocycles. The van der Waals surface area contributed by atoms with Gasteiger partial charge in [-0.2, -0.15) is 0 Å². The Hall–Kier alpha value is 1.13. The van der Waals surface area contributed by atoms with E-state index in [1.165, 1.54) is 0 Å². The van der Waals surface area contributed by atoms with Gasteiger partial charge in [-0.1, -0.05) is 66.0 Å². The first kappa shape index (κ1) is 10.1. The monoisotopic (exact) mass is 352 g/mol. The number of hydrogen-bond acceptors (Lipinski definition) is 1. The van der Waals surface area contributed by atoms with Gasteiger partial charge < -0.3 is 0 Å². The van der Waals surface area contributed by atoms with Crippen molar-refractivity contribution in [3.63, 3.8) is 0 Å². The summed E-state index contributed by atoms with van der Waals surface area (Å²) in [4.78, 5) is 11.1. The number of carbonyl (C=O) groups is 1. The molecular formula is C6H10I2O. The third kappa shape index (κ3) is 3.75. The maximum Gasteiger partial charge on any atom is 0.160 e. The summed E-state index contributed by atoms with van der Waals surface area (Å²) in [6.45, 7) is 5.83. The van der Waals surface area contributed by atoms with Gasteiger partial charge in [-0.15, -0.1) is 0 Å². The van der Waals surface area contributed by atoms with Gasteiger partial charge in [0.2, 0.25) is 0 Å². The van der Waals surface area contributed by atoms with Gasteiger partial charge in [0, 0.05) is 5.41 Å². The van der Waals surface area contributed by atoms with Crippen LogP contribution in [0.3, 0.4) is 0 Å². The van der Waals surface area contributed by atoms with Crippen LogP contribution in [0.5, 0.6) is 0 Å². The fourth-order valence-corrected chi connectivity index (χ4v) is 2.20. The largest absolute Gasteiger partial charge is 0.297 e. The van der Waals surface area contributed by atoms with Crippen molar-refractivity contribution in [1.29, 1.82) is 0 Å². The van der Waals surface area contributed by atoms with Crippen molar-refractivity contribution >= 4 is 51.0 Å². The number of ketones is 1. The summed E-state index contributed by atoms with van der Waals surface area (Å²) in [6.07, 6.45) is 0. The maximum absolute atomic E-state index is 11.1. The van der Waals surface area contributed by atoms with E-state index in [-0.39, 0.29) is 7.35 Å². The highest BCUT2D eigenvalue weighted by Crippen LogP contribution is 2.24. The van der Waals surface area contributed by atoms with Gasteiger partial charge in [0.05, 0.1) is 0 Å². The van der Waals surface area contributed by atoms with Crippen molar-refractivity contribution < 1.29 is 4.79 Å². The van der Waals surface area contributed by atoms with Gasteiger partial charge in [0.25, 0.3) is 0 Å². The summed E-state index contributed by atoms with van der Waals surface area (Å²) in [5, 5.41) is 0. The Morgan fingerprint density at radius 3 is 1.67 bits per heavy atom. The first-order valence-electron chi connectivity index (χ1n) is 2.68. The lowest BCUT2D eigenvalue weighted by molar-refractivity contribution is -0.123. The highest BCUT2D eigenvalue weighted by atomic mass is 127. The minimum absolute atomic E-state index is 0.111. The average molecular weight is 352 g/mol. The van der Waals surface area contributed by atoms with E-state index in [0.717, 1.165) is 0 Å². The molecule has 54 valence electrons. The molecule has 0 unspecified atom stereocenters. The summed E-state index contributed by atoms with van der Waals surface area (Å²) >= 11 is 4.26. The molecule has 0 aromatic heterocycles. The molecule has 0 aromatic rings. The lowest BCUT2D eigenvalue weighted by Crippen LogP contribution is -2.24. The topological polar surface area (TPSA) is 17.1 Å². The second-order valence-corrected chi connectivity index (χ2v) is 7.79. The summed E-state index contributed by atoms with van der Waals surface area (Å²) in [5.41, 5.74) is -0.174. The highest BCUT2D eigenvalue weighted by molar-refractivity contribution is 14.2. The van der Waals surface area contributed by atoms with E-state index in [2.05, 4.69) is 45.2 Å². The Morgan fingerprint density at radius 1 is 1.33 bits per heavy atom. The highest BCUT2D eigenvalue weighted by Gasteiger charge is 2.25. The smallest absolute Gasteiger partial charge is 0.160 e. The molecule has 0 aliphatic heterocycles. The van der Waals surface area contributed by atoms with Crippen LogP contribution in [0.2, 0.25) is 0 Å². The molecular weight excluding hydrogens is 342 g/mol. The first-order chi connectivity index (χ1) is 3.85. The molecule has 3 heteroatoms. The van der Waals surface area contributed by atoms with Gasteiger partial charge >= 0.3 is 0 Å². The number of carbonyl (C=O) groups excluding carboxylic acids is 1. The van der Waals surface area contributed by atoms with Crippen LogP contribution in [0.25, 0.3) is 0 Å². The number of Topliss-reactive ketones (excluding diaryl/α,β-unsaturated/α-hetero) is 1. The average Bonchev–Trinajstić information content (AvgIpc) is 1.62. The van der Waals surface area contributed by atoms with Crippen molar-refractivity contribution in [2.75, 3.05) is 0 Å². The molecule has 0 aliphatic rings. The van der Waals surface area contributed by atoms with Crippen molar-refractivity contribution in [2.24, 2.45) is 5.41 Å². The van der Waals surface area contributed by atoms with Crippen LogP contribution in [-0.4, -0.2) is 7.71 Å². The third-order valence-electron chi connectivity index (χ3n) is 0.937. The lowest BCUT2D eigenvalue weighted by atomic mass is 9.92. The predicted molar refractivity (Wildman–Crippen MR) is 56.3 cm³/mol. The number of rotatable bonds is 1. The summed E-state index contributed by atoms with van der Waals surface area (Å²) < 4.78 is 0.111. The van der Waals surface area contributed by atoms with Crippen molar-refractivity contribution in [2.45, 2.75) is 22.7 Å². The second kappa shape index (κ2) is 3.50. The fourth-order valence-electron chi connectivity index (χ4n) is 0.327. The predicted octanol–water partition coefficient (Wildman–Crippen LogP) is 2.80. The van der Waals surface area contributed by atoms with Crippen LogP contribution in [0, 0.1) is 5.41 Å². The molecule has 0 fully saturated rings. The number of alkyl halides is 2. The zero-order valence-corrected chi connectivity index (χ0v) is 10.1. The van der Waals surface area contributed by atoms with Gasteiger partial charge in [0.15, 0.2) is 5.78 Å². The van der Waals surface area contributed by atoms with Crippen LogP contribution in [0.4, 0.5) is 0 Å². The maximum atomic E-state index is 11.1. The Bertz CT molecular complexity index is 113. The second-order valence-electron chi connectivity index (χ2n) is 2.91. The molecule has 9 heavy (non-hydrogen) atoms. The Kier molecular flexibility index (Phi) is 3.94. The van der Waals surface area contributed by atoms with Crippen molar-refractivity contribution in [3.8, 4) is 0 Å². The zero-order valence-electron chi connectivity index (χ0n) is 5.74. The lowest BCUT2D eigenvalue weighted by Gasteiger charge is -2.16. The molecule has 0 aromatic carbocycles. The van der Waals surface area contributed by atoms with Crippen LogP contribution < -0.4 is 0 Å². The minimum Gasteiger partial charge on any atom is -0.297 e. The van der Waals surface area contributed by atoms with Crippen LogP contribution in [0.15, 0.2) is 0 Å². The van der Waals surface area contributed by atoms with Gasteiger partial charge in [-0.05, 0) is 0 Å². The number of hydrogen-bond donors (Lipinski definition) is 0. The molecule has 1 nitrogen and oxygen atoms in total.